The maximum atomic E-state index is 12.4. The molecule has 0 saturated carbocycles. The average Bonchev–Trinajstić information content (AvgIpc) is 3.10. The third-order valence-electron chi connectivity index (χ3n) is 5.39. The topological polar surface area (TPSA) is 103 Å². The fourth-order valence-corrected chi connectivity index (χ4v) is 4.45. The van der Waals surface area contributed by atoms with Crippen LogP contribution in [-0.4, -0.2) is 61.5 Å². The molecule has 0 unspecified atom stereocenters. The molecule has 1 aliphatic rings. The average molecular weight is 459 g/mol. The molecule has 0 fully saturated rings. The lowest BCUT2D eigenvalue weighted by Crippen LogP contribution is -2.40. The Kier molecular flexibility index (Phi) is 6.07. The van der Waals surface area contributed by atoms with Gasteiger partial charge >= 0.3 is 0 Å². The van der Waals surface area contributed by atoms with Crippen molar-refractivity contribution in [2.24, 2.45) is 7.05 Å². The van der Waals surface area contributed by atoms with E-state index in [4.69, 9.17) is 9.47 Å². The van der Waals surface area contributed by atoms with Crippen molar-refractivity contribution in [3.63, 3.8) is 0 Å². The maximum Gasteiger partial charge on any atom is 0.242 e. The van der Waals surface area contributed by atoms with Gasteiger partial charge in [-0.15, -0.1) is 0 Å². The lowest BCUT2D eigenvalue weighted by atomic mass is 10.2. The van der Waals surface area contributed by atoms with Crippen LogP contribution in [0.15, 0.2) is 47.4 Å². The highest BCUT2D eigenvalue weighted by atomic mass is 32.2. The number of carbonyl (C=O) groups is 1. The van der Waals surface area contributed by atoms with E-state index >= 15 is 0 Å². The molecule has 1 atom stereocenters. The van der Waals surface area contributed by atoms with Crippen molar-refractivity contribution in [3.05, 3.63) is 48.3 Å². The summed E-state index contributed by atoms with van der Waals surface area (Å²) in [6.45, 7) is 0.724. The van der Waals surface area contributed by atoms with Gasteiger partial charge in [0.05, 0.1) is 22.5 Å². The van der Waals surface area contributed by atoms with Crippen LogP contribution in [0.1, 0.15) is 12.2 Å². The molecule has 1 N–H and O–H groups in total. The van der Waals surface area contributed by atoms with Crippen molar-refractivity contribution in [2.45, 2.75) is 23.8 Å². The van der Waals surface area contributed by atoms with Crippen LogP contribution in [0.25, 0.3) is 11.0 Å². The van der Waals surface area contributed by atoms with E-state index < -0.39 is 10.0 Å². The Bertz CT molecular complexity index is 1250. The van der Waals surface area contributed by atoms with Gasteiger partial charge in [-0.05, 0) is 30.3 Å². The molecule has 2 heterocycles. The van der Waals surface area contributed by atoms with Gasteiger partial charge in [-0.1, -0.05) is 12.1 Å². The Balaban J connectivity index is 1.35. The number of imidazole rings is 1. The molecule has 0 saturated heterocycles. The monoisotopic (exact) mass is 458 g/mol. The number of carbonyl (C=O) groups excluding carboxylic acids is 1. The Morgan fingerprint density at radius 1 is 1.22 bits per heavy atom. The number of rotatable bonds is 7. The highest BCUT2D eigenvalue weighted by Crippen LogP contribution is 2.30. The summed E-state index contributed by atoms with van der Waals surface area (Å²) in [4.78, 5) is 17.1. The summed E-state index contributed by atoms with van der Waals surface area (Å²) in [5.74, 6) is 1.97. The maximum absolute atomic E-state index is 12.4. The number of nitrogens with zero attached hydrogens (tertiary/aromatic N) is 3. The lowest BCUT2D eigenvalue weighted by Gasteiger charge is -2.26. The van der Waals surface area contributed by atoms with Crippen LogP contribution in [0, 0.1) is 0 Å². The number of benzene rings is 2. The van der Waals surface area contributed by atoms with Crippen molar-refractivity contribution in [1.82, 2.24) is 19.2 Å². The van der Waals surface area contributed by atoms with Crippen LogP contribution in [0.4, 0.5) is 0 Å². The lowest BCUT2D eigenvalue weighted by molar-refractivity contribution is -0.121. The number of para-hydroxylation sites is 2. The predicted molar refractivity (Wildman–Crippen MR) is 119 cm³/mol. The second-order valence-electron chi connectivity index (χ2n) is 7.83. The third-order valence-corrected chi connectivity index (χ3v) is 7.20. The van der Waals surface area contributed by atoms with E-state index in [2.05, 4.69) is 10.3 Å². The first-order valence-corrected chi connectivity index (χ1v) is 11.7. The molecule has 0 bridgehead atoms. The number of ether oxygens (including phenoxy) is 2. The fourth-order valence-electron chi connectivity index (χ4n) is 3.53. The molecule has 1 amide bonds. The molecule has 2 aromatic carbocycles. The normalized spacial score (nSPS) is 15.8. The van der Waals surface area contributed by atoms with Crippen LogP contribution in [0.2, 0.25) is 0 Å². The minimum absolute atomic E-state index is 0.115. The number of hydrogen-bond donors (Lipinski definition) is 1. The van der Waals surface area contributed by atoms with Gasteiger partial charge in [0.15, 0.2) is 11.5 Å². The van der Waals surface area contributed by atoms with E-state index in [-0.39, 0.29) is 23.3 Å². The Morgan fingerprint density at radius 3 is 2.72 bits per heavy atom. The van der Waals surface area contributed by atoms with Gasteiger partial charge in [-0.3, -0.25) is 4.79 Å². The van der Waals surface area contributed by atoms with Crippen molar-refractivity contribution in [3.8, 4) is 11.5 Å². The number of fused-ring (bicyclic) bond motifs is 2. The van der Waals surface area contributed by atoms with Gasteiger partial charge in [0.2, 0.25) is 15.9 Å². The first kappa shape index (κ1) is 22.1. The molecule has 9 nitrogen and oxygen atoms in total. The zero-order valence-electron chi connectivity index (χ0n) is 18.2. The molecule has 32 heavy (non-hydrogen) atoms. The van der Waals surface area contributed by atoms with Crippen molar-refractivity contribution >= 4 is 27.0 Å². The molecule has 0 spiro atoms. The summed E-state index contributed by atoms with van der Waals surface area (Å²) < 4.78 is 39.3. The van der Waals surface area contributed by atoms with Gasteiger partial charge in [0, 0.05) is 34.0 Å². The summed E-state index contributed by atoms with van der Waals surface area (Å²) >= 11 is 0. The number of hydrogen-bond acceptors (Lipinski definition) is 6. The second-order valence-corrected chi connectivity index (χ2v) is 9.98. The number of aryl methyl sites for hydroxylation is 2. The van der Waals surface area contributed by atoms with Crippen molar-refractivity contribution < 1.29 is 22.7 Å². The molecule has 0 aliphatic carbocycles. The second kappa shape index (κ2) is 8.79. The van der Waals surface area contributed by atoms with Crippen LogP contribution in [0.5, 0.6) is 11.5 Å². The quantitative estimate of drug-likeness (QED) is 0.578. The van der Waals surface area contributed by atoms with Gasteiger partial charge in [0.1, 0.15) is 18.5 Å². The molecule has 0 radical (unpaired) electrons. The van der Waals surface area contributed by atoms with Crippen LogP contribution in [0.3, 0.4) is 0 Å². The summed E-state index contributed by atoms with van der Waals surface area (Å²) in [7, 11) is 1.30. The summed E-state index contributed by atoms with van der Waals surface area (Å²) in [5.41, 5.74) is 1.39. The summed E-state index contributed by atoms with van der Waals surface area (Å²) in [5, 5.41) is 2.88. The van der Waals surface area contributed by atoms with Gasteiger partial charge in [0.25, 0.3) is 0 Å². The SMILES string of the molecule is CN(C)S(=O)(=O)c1ccc2c(c1)nc(CCC(=O)NC[C@H]1COc3ccccc3O1)n2C. The van der Waals surface area contributed by atoms with Crippen LogP contribution < -0.4 is 14.8 Å². The molecular weight excluding hydrogens is 432 g/mol. The van der Waals surface area contributed by atoms with E-state index in [1.165, 1.54) is 18.4 Å². The Hall–Kier alpha value is -3.11. The van der Waals surface area contributed by atoms with E-state index in [1.54, 1.807) is 18.2 Å². The van der Waals surface area contributed by atoms with Gasteiger partial charge in [-0.25, -0.2) is 17.7 Å². The first-order valence-electron chi connectivity index (χ1n) is 10.3. The van der Waals surface area contributed by atoms with E-state index in [0.29, 0.717) is 42.4 Å². The number of aromatic nitrogens is 2. The zero-order chi connectivity index (χ0) is 22.9. The zero-order valence-corrected chi connectivity index (χ0v) is 19.1. The minimum atomic E-state index is -3.54. The standard InChI is InChI=1S/C22H26N4O5S/c1-25(2)32(28,29)16-8-9-18-17(12-16)24-21(26(18)3)10-11-22(27)23-13-15-14-30-19-6-4-5-7-20(19)31-15/h4-9,12,15H,10-11,13-14H2,1-3H3,(H,23,27)/t15-/m0/s1. The highest BCUT2D eigenvalue weighted by molar-refractivity contribution is 7.89. The first-order chi connectivity index (χ1) is 15.3. The summed E-state index contributed by atoms with van der Waals surface area (Å²) in [6.07, 6.45) is 0.434. The minimum Gasteiger partial charge on any atom is -0.486 e. The molecule has 1 aliphatic heterocycles. The number of sulfonamides is 1. The van der Waals surface area contributed by atoms with Crippen LogP contribution >= 0.6 is 0 Å². The van der Waals surface area contributed by atoms with Gasteiger partial charge < -0.3 is 19.4 Å². The largest absolute Gasteiger partial charge is 0.486 e. The van der Waals surface area contributed by atoms with E-state index in [9.17, 15) is 13.2 Å². The Morgan fingerprint density at radius 2 is 1.97 bits per heavy atom. The summed E-state index contributed by atoms with van der Waals surface area (Å²) in [6, 6.07) is 12.3. The number of amides is 1. The fraction of sp³-hybridized carbons (Fsp3) is 0.364. The molecule has 10 heteroatoms. The molecule has 3 aromatic rings. The predicted octanol–water partition coefficient (Wildman–Crippen LogP) is 1.71. The highest BCUT2D eigenvalue weighted by Gasteiger charge is 2.22. The molecule has 4 rings (SSSR count). The number of nitrogens with one attached hydrogen (secondary N) is 1. The van der Waals surface area contributed by atoms with Gasteiger partial charge in [-0.2, -0.15) is 0 Å². The van der Waals surface area contributed by atoms with Crippen molar-refractivity contribution in [2.75, 3.05) is 27.2 Å². The smallest absolute Gasteiger partial charge is 0.242 e. The third kappa shape index (κ3) is 4.42. The Labute approximate surface area is 187 Å². The van der Waals surface area contributed by atoms with E-state index in [1.807, 2.05) is 35.9 Å². The molecule has 1 aromatic heterocycles. The van der Waals surface area contributed by atoms with Crippen molar-refractivity contribution in [1.29, 1.82) is 0 Å². The molecular formula is C22H26N4O5S. The molecule has 170 valence electrons. The van der Waals surface area contributed by atoms with Crippen LogP contribution in [-0.2, 0) is 28.3 Å². The van der Waals surface area contributed by atoms with E-state index in [0.717, 1.165) is 5.52 Å².